The lowest BCUT2D eigenvalue weighted by atomic mass is 9.78. The Kier molecular flexibility index (Phi) is 6.02. The molecule has 1 aromatic rings. The molecule has 5 heteroatoms. The van der Waals surface area contributed by atoms with E-state index in [1.807, 2.05) is 0 Å². The number of amides is 1. The lowest BCUT2D eigenvalue weighted by Gasteiger charge is -2.34. The van der Waals surface area contributed by atoms with Gasteiger partial charge in [-0.3, -0.25) is 4.79 Å². The van der Waals surface area contributed by atoms with Gasteiger partial charge in [-0.1, -0.05) is 26.7 Å². The van der Waals surface area contributed by atoms with E-state index in [0.717, 1.165) is 12.8 Å². The number of carbonyl (C=O) groups excluding carboxylic acids is 2. The van der Waals surface area contributed by atoms with Gasteiger partial charge in [0.05, 0.1) is 12.7 Å². The summed E-state index contributed by atoms with van der Waals surface area (Å²) >= 11 is 0. The molecule has 0 spiro atoms. The number of benzene rings is 1. The van der Waals surface area contributed by atoms with Crippen molar-refractivity contribution in [2.45, 2.75) is 39.2 Å². The summed E-state index contributed by atoms with van der Waals surface area (Å²) in [6.07, 6.45) is 3.42. The van der Waals surface area contributed by atoms with E-state index in [-0.39, 0.29) is 18.6 Å². The third-order valence-electron chi connectivity index (χ3n) is 4.70. The van der Waals surface area contributed by atoms with Gasteiger partial charge in [-0.25, -0.2) is 4.79 Å². The Balaban J connectivity index is 1.81. The van der Waals surface area contributed by atoms with E-state index in [9.17, 15) is 9.59 Å². The minimum atomic E-state index is -0.394. The summed E-state index contributed by atoms with van der Waals surface area (Å²) in [6.45, 7) is 4.42. The van der Waals surface area contributed by atoms with E-state index in [4.69, 9.17) is 4.74 Å². The third-order valence-corrected chi connectivity index (χ3v) is 4.70. The zero-order valence-corrected chi connectivity index (χ0v) is 14.0. The Morgan fingerprint density at radius 3 is 2.52 bits per heavy atom. The van der Waals surface area contributed by atoms with Crippen LogP contribution in [0.2, 0.25) is 0 Å². The fourth-order valence-electron chi connectivity index (χ4n) is 2.99. The summed E-state index contributed by atoms with van der Waals surface area (Å²) in [5.41, 5.74) is 0.453. The average Bonchev–Trinajstić information content (AvgIpc) is 2.57. The quantitative estimate of drug-likeness (QED) is 0.848. The first-order valence-electron chi connectivity index (χ1n) is 8.11. The molecular weight excluding hydrogens is 294 g/mol. The molecular formula is C18H25NO4. The number of methoxy groups -OCH3 is 1. The Labute approximate surface area is 137 Å². The second kappa shape index (κ2) is 7.99. The summed E-state index contributed by atoms with van der Waals surface area (Å²) in [6, 6.07) is 6.78. The molecule has 1 saturated carbocycles. The fraction of sp³-hybridized carbons (Fsp3) is 0.556. The summed E-state index contributed by atoms with van der Waals surface area (Å²) in [5.74, 6) is 1.19. The highest BCUT2D eigenvalue weighted by Gasteiger charge is 2.28. The van der Waals surface area contributed by atoms with E-state index in [0.29, 0.717) is 23.1 Å². The van der Waals surface area contributed by atoms with Crippen LogP contribution in [0.15, 0.2) is 24.3 Å². The van der Waals surface area contributed by atoms with Crippen LogP contribution in [0.3, 0.4) is 0 Å². The van der Waals surface area contributed by atoms with Gasteiger partial charge in [-0.05, 0) is 42.5 Å². The Bertz CT molecular complexity index is 540. The van der Waals surface area contributed by atoms with Crippen LogP contribution in [-0.4, -0.2) is 31.6 Å². The molecule has 5 nitrogen and oxygen atoms in total. The molecule has 2 rings (SSSR count). The third kappa shape index (κ3) is 4.71. The van der Waals surface area contributed by atoms with Crippen molar-refractivity contribution in [1.82, 2.24) is 5.32 Å². The van der Waals surface area contributed by atoms with Gasteiger partial charge in [-0.15, -0.1) is 0 Å². The maximum absolute atomic E-state index is 12.0. The lowest BCUT2D eigenvalue weighted by molar-refractivity contribution is -0.124. The molecule has 3 unspecified atom stereocenters. The predicted octanol–water partition coefficient (Wildman–Crippen LogP) is 2.79. The van der Waals surface area contributed by atoms with Gasteiger partial charge < -0.3 is 14.8 Å². The first kappa shape index (κ1) is 17.3. The Hall–Kier alpha value is -2.04. The molecule has 1 aliphatic rings. The highest BCUT2D eigenvalue weighted by molar-refractivity contribution is 5.89. The van der Waals surface area contributed by atoms with E-state index in [2.05, 4.69) is 23.9 Å². The van der Waals surface area contributed by atoms with Gasteiger partial charge in [-0.2, -0.15) is 0 Å². The molecule has 1 aliphatic carbocycles. The van der Waals surface area contributed by atoms with Crippen LogP contribution >= 0.6 is 0 Å². The topological polar surface area (TPSA) is 64.6 Å². The highest BCUT2D eigenvalue weighted by Crippen LogP contribution is 2.29. The summed E-state index contributed by atoms with van der Waals surface area (Å²) in [7, 11) is 1.34. The Morgan fingerprint density at radius 1 is 1.17 bits per heavy atom. The fourth-order valence-corrected chi connectivity index (χ4v) is 2.99. The molecule has 23 heavy (non-hydrogen) atoms. The van der Waals surface area contributed by atoms with Crippen molar-refractivity contribution in [2.75, 3.05) is 13.7 Å². The summed E-state index contributed by atoms with van der Waals surface area (Å²) in [5, 5.41) is 3.07. The van der Waals surface area contributed by atoms with Gasteiger partial charge in [0.2, 0.25) is 0 Å². The molecule has 1 amide bonds. The van der Waals surface area contributed by atoms with E-state index in [1.165, 1.54) is 13.5 Å². The minimum Gasteiger partial charge on any atom is -0.484 e. The molecule has 0 heterocycles. The summed E-state index contributed by atoms with van der Waals surface area (Å²) < 4.78 is 10.1. The summed E-state index contributed by atoms with van der Waals surface area (Å²) in [4.78, 5) is 23.4. The molecule has 1 aromatic carbocycles. The van der Waals surface area contributed by atoms with Gasteiger partial charge in [0.25, 0.3) is 5.91 Å². The second-order valence-corrected chi connectivity index (χ2v) is 6.25. The number of hydrogen-bond acceptors (Lipinski definition) is 4. The predicted molar refractivity (Wildman–Crippen MR) is 87.4 cm³/mol. The van der Waals surface area contributed by atoms with Crippen LogP contribution in [0.1, 0.15) is 43.5 Å². The SMILES string of the molecule is COC(=O)c1ccc(OCC(=O)NC2CCCC(C)C2C)cc1. The number of nitrogens with one attached hydrogen (secondary N) is 1. The molecule has 0 aliphatic heterocycles. The van der Waals surface area contributed by atoms with Crippen molar-refractivity contribution in [1.29, 1.82) is 0 Å². The maximum atomic E-state index is 12.0. The van der Waals surface area contributed by atoms with E-state index in [1.54, 1.807) is 24.3 Å². The molecule has 0 aromatic heterocycles. The van der Waals surface area contributed by atoms with Crippen molar-refractivity contribution >= 4 is 11.9 Å². The average molecular weight is 319 g/mol. The molecule has 0 saturated heterocycles. The van der Waals surface area contributed by atoms with Gasteiger partial charge in [0.1, 0.15) is 5.75 Å². The van der Waals surface area contributed by atoms with Crippen molar-refractivity contribution < 1.29 is 19.1 Å². The molecule has 1 fully saturated rings. The highest BCUT2D eigenvalue weighted by atomic mass is 16.5. The number of carbonyl (C=O) groups is 2. The second-order valence-electron chi connectivity index (χ2n) is 6.25. The molecule has 126 valence electrons. The first-order chi connectivity index (χ1) is 11.0. The van der Waals surface area contributed by atoms with Crippen molar-refractivity contribution in [2.24, 2.45) is 11.8 Å². The van der Waals surface area contributed by atoms with Crippen LogP contribution in [0, 0.1) is 11.8 Å². The number of rotatable bonds is 5. The van der Waals surface area contributed by atoms with Crippen molar-refractivity contribution in [3.05, 3.63) is 29.8 Å². The van der Waals surface area contributed by atoms with Crippen molar-refractivity contribution in [3.8, 4) is 5.75 Å². The largest absolute Gasteiger partial charge is 0.484 e. The van der Waals surface area contributed by atoms with Crippen LogP contribution in [0.4, 0.5) is 0 Å². The van der Waals surface area contributed by atoms with Crippen LogP contribution in [-0.2, 0) is 9.53 Å². The minimum absolute atomic E-state index is 0.0187. The number of hydrogen-bond donors (Lipinski definition) is 1. The number of esters is 1. The lowest BCUT2D eigenvalue weighted by Crippen LogP contribution is -2.45. The smallest absolute Gasteiger partial charge is 0.337 e. The Morgan fingerprint density at radius 2 is 1.87 bits per heavy atom. The van der Waals surface area contributed by atoms with Crippen LogP contribution in [0.25, 0.3) is 0 Å². The van der Waals surface area contributed by atoms with Gasteiger partial charge in [0.15, 0.2) is 6.61 Å². The van der Waals surface area contributed by atoms with Gasteiger partial charge >= 0.3 is 5.97 Å². The zero-order valence-electron chi connectivity index (χ0n) is 14.0. The molecule has 3 atom stereocenters. The first-order valence-corrected chi connectivity index (χ1v) is 8.11. The normalized spacial score (nSPS) is 23.9. The molecule has 0 bridgehead atoms. The van der Waals surface area contributed by atoms with Crippen LogP contribution in [0.5, 0.6) is 5.75 Å². The number of ether oxygens (including phenoxy) is 2. The maximum Gasteiger partial charge on any atom is 0.337 e. The zero-order chi connectivity index (χ0) is 16.8. The van der Waals surface area contributed by atoms with Gasteiger partial charge in [0, 0.05) is 6.04 Å². The van der Waals surface area contributed by atoms with Crippen molar-refractivity contribution in [3.63, 3.8) is 0 Å². The standard InChI is InChI=1S/C18H25NO4/c1-12-5-4-6-16(13(12)2)19-17(20)11-23-15-9-7-14(8-10-15)18(21)22-3/h7-10,12-13,16H,4-6,11H2,1-3H3,(H,19,20). The molecule has 0 radical (unpaired) electrons. The van der Waals surface area contributed by atoms with E-state index >= 15 is 0 Å². The molecule has 1 N–H and O–H groups in total. The van der Waals surface area contributed by atoms with E-state index < -0.39 is 5.97 Å². The van der Waals surface area contributed by atoms with Crippen LogP contribution < -0.4 is 10.1 Å². The monoisotopic (exact) mass is 319 g/mol.